The van der Waals surface area contributed by atoms with Crippen molar-refractivity contribution < 1.29 is 14.2 Å². The third-order valence-electron chi connectivity index (χ3n) is 2.54. The Hall–Kier alpha value is -1.13. The van der Waals surface area contributed by atoms with E-state index in [0.29, 0.717) is 18.7 Å². The third kappa shape index (κ3) is 2.93. The maximum Gasteiger partial charge on any atom is 0.130 e. The SMILES string of the molecule is CCN(CCOC)c1cccc(F)c1CO. The summed E-state index contributed by atoms with van der Waals surface area (Å²) in [4.78, 5) is 1.98. The van der Waals surface area contributed by atoms with Crippen molar-refractivity contribution in [1.82, 2.24) is 0 Å². The van der Waals surface area contributed by atoms with Crippen LogP contribution in [0.2, 0.25) is 0 Å². The van der Waals surface area contributed by atoms with Gasteiger partial charge in [-0.3, -0.25) is 0 Å². The van der Waals surface area contributed by atoms with Crippen molar-refractivity contribution in [3.63, 3.8) is 0 Å². The van der Waals surface area contributed by atoms with Crippen LogP contribution in [0.5, 0.6) is 0 Å². The third-order valence-corrected chi connectivity index (χ3v) is 2.54. The van der Waals surface area contributed by atoms with E-state index in [1.807, 2.05) is 17.9 Å². The fraction of sp³-hybridized carbons (Fsp3) is 0.500. The second-order valence-corrected chi connectivity index (χ2v) is 3.47. The van der Waals surface area contributed by atoms with Crippen molar-refractivity contribution in [3.05, 3.63) is 29.6 Å². The highest BCUT2D eigenvalue weighted by Gasteiger charge is 2.12. The number of hydrogen-bond donors (Lipinski definition) is 1. The van der Waals surface area contributed by atoms with Gasteiger partial charge in [0, 0.05) is 31.5 Å². The van der Waals surface area contributed by atoms with Gasteiger partial charge in [-0.25, -0.2) is 4.39 Å². The number of likely N-dealkylation sites (N-methyl/N-ethyl adjacent to an activating group) is 1. The highest BCUT2D eigenvalue weighted by atomic mass is 19.1. The Morgan fingerprint density at radius 1 is 1.44 bits per heavy atom. The molecule has 1 N–H and O–H groups in total. The number of ether oxygens (including phenoxy) is 1. The lowest BCUT2D eigenvalue weighted by Crippen LogP contribution is -2.28. The molecule has 0 bridgehead atoms. The van der Waals surface area contributed by atoms with Crippen LogP contribution in [0.15, 0.2) is 18.2 Å². The number of aliphatic hydroxyl groups excluding tert-OH is 1. The maximum absolute atomic E-state index is 13.5. The summed E-state index contributed by atoms with van der Waals surface area (Å²) in [5.41, 5.74) is 1.09. The predicted octanol–water partition coefficient (Wildman–Crippen LogP) is 1.79. The molecule has 0 unspecified atom stereocenters. The Morgan fingerprint density at radius 3 is 2.75 bits per heavy atom. The average molecular weight is 227 g/mol. The van der Waals surface area contributed by atoms with Gasteiger partial charge in [0.2, 0.25) is 0 Å². The number of methoxy groups -OCH3 is 1. The zero-order valence-electron chi connectivity index (χ0n) is 9.74. The van der Waals surface area contributed by atoms with E-state index in [-0.39, 0.29) is 12.4 Å². The van der Waals surface area contributed by atoms with Crippen LogP contribution in [0.1, 0.15) is 12.5 Å². The quantitative estimate of drug-likeness (QED) is 0.804. The Morgan fingerprint density at radius 2 is 2.19 bits per heavy atom. The van der Waals surface area contributed by atoms with Crippen LogP contribution in [0.25, 0.3) is 0 Å². The monoisotopic (exact) mass is 227 g/mol. The van der Waals surface area contributed by atoms with Crippen molar-refractivity contribution in [2.24, 2.45) is 0 Å². The molecule has 0 aliphatic heterocycles. The van der Waals surface area contributed by atoms with Gasteiger partial charge < -0.3 is 14.7 Å². The molecular formula is C12H18FNO2. The van der Waals surface area contributed by atoms with Crippen LogP contribution in [0.3, 0.4) is 0 Å². The molecule has 16 heavy (non-hydrogen) atoms. The molecule has 1 aromatic rings. The van der Waals surface area contributed by atoms with Gasteiger partial charge in [-0.1, -0.05) is 6.07 Å². The summed E-state index contributed by atoms with van der Waals surface area (Å²) in [6, 6.07) is 4.83. The molecule has 0 heterocycles. The van der Waals surface area contributed by atoms with Crippen molar-refractivity contribution in [1.29, 1.82) is 0 Å². The van der Waals surface area contributed by atoms with E-state index in [2.05, 4.69) is 0 Å². The first-order valence-corrected chi connectivity index (χ1v) is 5.36. The molecule has 0 amide bonds. The van der Waals surface area contributed by atoms with Gasteiger partial charge >= 0.3 is 0 Å². The zero-order valence-corrected chi connectivity index (χ0v) is 9.74. The van der Waals surface area contributed by atoms with E-state index in [1.54, 1.807) is 13.2 Å². The van der Waals surface area contributed by atoms with Gasteiger partial charge in [0.1, 0.15) is 5.82 Å². The van der Waals surface area contributed by atoms with E-state index in [9.17, 15) is 9.50 Å². The van der Waals surface area contributed by atoms with E-state index >= 15 is 0 Å². The molecule has 0 spiro atoms. The van der Waals surface area contributed by atoms with Crippen molar-refractivity contribution in [3.8, 4) is 0 Å². The van der Waals surface area contributed by atoms with E-state index in [1.165, 1.54) is 6.07 Å². The highest BCUT2D eigenvalue weighted by molar-refractivity contribution is 5.53. The van der Waals surface area contributed by atoms with Crippen LogP contribution in [0, 0.1) is 5.82 Å². The summed E-state index contributed by atoms with van der Waals surface area (Å²) < 4.78 is 18.5. The van der Waals surface area contributed by atoms with Gasteiger partial charge in [0.05, 0.1) is 13.2 Å². The standard InChI is InChI=1S/C12H18FNO2/c1-3-14(7-8-16-2)12-6-4-5-11(13)10(12)9-15/h4-6,15H,3,7-9H2,1-2H3. The Balaban J connectivity index is 2.94. The number of anilines is 1. The first-order chi connectivity index (χ1) is 7.74. The molecule has 0 saturated carbocycles. The first kappa shape index (κ1) is 12.9. The van der Waals surface area contributed by atoms with Crippen molar-refractivity contribution in [2.45, 2.75) is 13.5 Å². The van der Waals surface area contributed by atoms with Gasteiger partial charge in [0.15, 0.2) is 0 Å². The van der Waals surface area contributed by atoms with Crippen molar-refractivity contribution in [2.75, 3.05) is 31.7 Å². The molecule has 1 aromatic carbocycles. The minimum Gasteiger partial charge on any atom is -0.391 e. The highest BCUT2D eigenvalue weighted by Crippen LogP contribution is 2.22. The Labute approximate surface area is 95.5 Å². The number of benzene rings is 1. The Kier molecular flexibility index (Phi) is 5.22. The van der Waals surface area contributed by atoms with Crippen LogP contribution in [-0.4, -0.2) is 31.9 Å². The molecular weight excluding hydrogens is 209 g/mol. The molecule has 4 heteroatoms. The second kappa shape index (κ2) is 6.45. The molecule has 0 saturated heterocycles. The molecule has 90 valence electrons. The molecule has 0 atom stereocenters. The van der Waals surface area contributed by atoms with Gasteiger partial charge in [-0.15, -0.1) is 0 Å². The first-order valence-electron chi connectivity index (χ1n) is 5.36. The molecule has 0 aliphatic rings. The number of rotatable bonds is 6. The minimum absolute atomic E-state index is 0.286. The average Bonchev–Trinajstić information content (AvgIpc) is 2.30. The fourth-order valence-electron chi connectivity index (χ4n) is 1.65. The lowest BCUT2D eigenvalue weighted by atomic mass is 10.1. The second-order valence-electron chi connectivity index (χ2n) is 3.47. The molecule has 0 radical (unpaired) electrons. The summed E-state index contributed by atoms with van der Waals surface area (Å²) in [5.74, 6) is -0.365. The van der Waals surface area contributed by atoms with E-state index in [0.717, 1.165) is 12.2 Å². The normalized spacial score (nSPS) is 10.5. The molecule has 1 rings (SSSR count). The Bertz CT molecular complexity index is 331. The summed E-state index contributed by atoms with van der Waals surface area (Å²) >= 11 is 0. The van der Waals surface area contributed by atoms with Crippen molar-refractivity contribution >= 4 is 5.69 Å². The van der Waals surface area contributed by atoms with Crippen LogP contribution in [0.4, 0.5) is 10.1 Å². The maximum atomic E-state index is 13.5. The predicted molar refractivity (Wildman–Crippen MR) is 62.1 cm³/mol. The number of halogens is 1. The topological polar surface area (TPSA) is 32.7 Å². The van der Waals surface area contributed by atoms with Crippen LogP contribution in [-0.2, 0) is 11.3 Å². The lowest BCUT2D eigenvalue weighted by molar-refractivity contribution is 0.205. The van der Waals surface area contributed by atoms with E-state index < -0.39 is 0 Å². The summed E-state index contributed by atoms with van der Waals surface area (Å²) in [5, 5.41) is 9.17. The minimum atomic E-state index is -0.365. The molecule has 3 nitrogen and oxygen atoms in total. The van der Waals surface area contributed by atoms with Gasteiger partial charge in [0.25, 0.3) is 0 Å². The summed E-state index contributed by atoms with van der Waals surface area (Å²) in [7, 11) is 1.63. The van der Waals surface area contributed by atoms with Crippen LogP contribution >= 0.6 is 0 Å². The van der Waals surface area contributed by atoms with Gasteiger partial charge in [-0.2, -0.15) is 0 Å². The van der Waals surface area contributed by atoms with E-state index in [4.69, 9.17) is 4.74 Å². The summed E-state index contributed by atoms with van der Waals surface area (Å²) in [6.45, 7) is 3.71. The molecule has 0 aromatic heterocycles. The lowest BCUT2D eigenvalue weighted by Gasteiger charge is -2.25. The van der Waals surface area contributed by atoms with Gasteiger partial charge in [-0.05, 0) is 19.1 Å². The number of aliphatic hydroxyl groups is 1. The number of hydrogen-bond acceptors (Lipinski definition) is 3. The number of nitrogens with zero attached hydrogens (tertiary/aromatic N) is 1. The van der Waals surface area contributed by atoms with Crippen LogP contribution < -0.4 is 4.90 Å². The summed E-state index contributed by atoms with van der Waals surface area (Å²) in [6.07, 6.45) is 0. The fourth-order valence-corrected chi connectivity index (χ4v) is 1.65. The molecule has 0 fully saturated rings. The molecule has 0 aliphatic carbocycles. The smallest absolute Gasteiger partial charge is 0.130 e. The largest absolute Gasteiger partial charge is 0.391 e. The zero-order chi connectivity index (χ0) is 12.0.